The molecule has 0 bridgehead atoms. The molecule has 1 unspecified atom stereocenters. The monoisotopic (exact) mass is 355 g/mol. The van der Waals surface area contributed by atoms with E-state index < -0.39 is 29.0 Å². The molecule has 1 aromatic heterocycles. The van der Waals surface area contributed by atoms with E-state index in [0.717, 1.165) is 21.0 Å². The molecule has 9 heteroatoms. The molecular weight excluding hydrogens is 334 g/mol. The third-order valence-electron chi connectivity index (χ3n) is 3.27. The van der Waals surface area contributed by atoms with Crippen LogP contribution in [-0.2, 0) is 27.4 Å². The Morgan fingerprint density at radius 2 is 1.96 bits per heavy atom. The summed E-state index contributed by atoms with van der Waals surface area (Å²) in [4.78, 5) is 48.3. The Morgan fingerprint density at radius 1 is 1.29 bits per heavy atom. The molecular formula is C15H21N3O5S. The second-order valence-corrected chi connectivity index (χ2v) is 7.66. The molecule has 0 radical (unpaired) electrons. The molecule has 0 spiro atoms. The first kappa shape index (κ1) is 18.3. The summed E-state index contributed by atoms with van der Waals surface area (Å²) in [7, 11) is 0. The summed E-state index contributed by atoms with van der Waals surface area (Å²) >= 11 is 1.04. The molecule has 24 heavy (non-hydrogen) atoms. The van der Waals surface area contributed by atoms with Crippen LogP contribution >= 0.6 is 11.8 Å². The maximum absolute atomic E-state index is 12.6. The van der Waals surface area contributed by atoms with E-state index in [4.69, 9.17) is 4.74 Å². The van der Waals surface area contributed by atoms with Gasteiger partial charge in [-0.15, -0.1) is 0 Å². The van der Waals surface area contributed by atoms with Crippen molar-refractivity contribution in [1.82, 2.24) is 13.9 Å². The lowest BCUT2D eigenvalue weighted by Gasteiger charge is -2.25. The number of thioether (sulfide) groups is 1. The van der Waals surface area contributed by atoms with Crippen LogP contribution < -0.4 is 11.4 Å². The third kappa shape index (κ3) is 3.89. The van der Waals surface area contributed by atoms with Gasteiger partial charge in [-0.05, 0) is 20.8 Å². The van der Waals surface area contributed by atoms with Gasteiger partial charge in [-0.2, -0.15) is 0 Å². The number of aromatic nitrogens is 3. The average Bonchev–Trinajstić information content (AvgIpc) is 2.70. The van der Waals surface area contributed by atoms with Crippen LogP contribution in [0.1, 0.15) is 33.7 Å². The molecule has 2 rings (SSSR count). The maximum atomic E-state index is 12.6. The van der Waals surface area contributed by atoms with Crippen LogP contribution in [0, 0.1) is 0 Å². The number of rotatable bonds is 4. The zero-order chi connectivity index (χ0) is 18.1. The van der Waals surface area contributed by atoms with Crippen LogP contribution in [0.15, 0.2) is 21.7 Å². The minimum atomic E-state index is -0.972. The molecule has 132 valence electrons. The molecule has 0 amide bonds. The number of allylic oxidation sites excluding steroid dienone is 1. The van der Waals surface area contributed by atoms with Gasteiger partial charge < -0.3 is 4.74 Å². The van der Waals surface area contributed by atoms with E-state index in [-0.39, 0.29) is 18.2 Å². The van der Waals surface area contributed by atoms with E-state index in [1.807, 2.05) is 0 Å². The van der Waals surface area contributed by atoms with Gasteiger partial charge in [0.2, 0.25) is 0 Å². The Labute approximate surface area is 143 Å². The Morgan fingerprint density at radius 3 is 2.54 bits per heavy atom. The summed E-state index contributed by atoms with van der Waals surface area (Å²) in [5.74, 6) is -0.275. The van der Waals surface area contributed by atoms with Gasteiger partial charge in [-0.1, -0.05) is 23.9 Å². The Hall–Kier alpha value is -2.03. The number of carbonyl (C=O) groups excluding carboxylic acids is 2. The third-order valence-corrected chi connectivity index (χ3v) is 4.06. The smallest absolute Gasteiger partial charge is 0.348 e. The summed E-state index contributed by atoms with van der Waals surface area (Å²) in [6.45, 7) is 6.94. The van der Waals surface area contributed by atoms with Gasteiger partial charge in [-0.25, -0.2) is 28.3 Å². The molecule has 2 heterocycles. The summed E-state index contributed by atoms with van der Waals surface area (Å²) in [6, 6.07) is -0.972. The van der Waals surface area contributed by atoms with Crippen molar-refractivity contribution < 1.29 is 14.3 Å². The molecule has 1 aliphatic rings. The fraction of sp³-hybridized carbons (Fsp3) is 0.600. The lowest BCUT2D eigenvalue weighted by molar-refractivity contribution is -0.158. The molecule has 0 saturated carbocycles. The number of esters is 1. The van der Waals surface area contributed by atoms with E-state index in [1.165, 1.54) is 11.6 Å². The summed E-state index contributed by atoms with van der Waals surface area (Å²) in [5.41, 5.74) is -1.77. The van der Waals surface area contributed by atoms with Gasteiger partial charge in [0.25, 0.3) is 0 Å². The van der Waals surface area contributed by atoms with Gasteiger partial charge in [0.15, 0.2) is 11.2 Å². The fourth-order valence-electron chi connectivity index (χ4n) is 2.36. The topological polar surface area (TPSA) is 92.3 Å². The predicted octanol–water partition coefficient (Wildman–Crippen LogP) is 0.544. The average molecular weight is 355 g/mol. The molecule has 8 nitrogen and oxygen atoms in total. The molecule has 0 fully saturated rings. The summed E-state index contributed by atoms with van der Waals surface area (Å²) < 4.78 is 8.71. The number of hydrogen-bond donors (Lipinski definition) is 0. The highest BCUT2D eigenvalue weighted by atomic mass is 32.2. The molecule has 0 saturated heterocycles. The Bertz CT molecular complexity index is 794. The van der Waals surface area contributed by atoms with Crippen LogP contribution in [-0.4, -0.2) is 36.4 Å². The van der Waals surface area contributed by atoms with Gasteiger partial charge in [0.05, 0.1) is 6.54 Å². The van der Waals surface area contributed by atoms with Crippen molar-refractivity contribution in [3.05, 3.63) is 33.1 Å². The van der Waals surface area contributed by atoms with E-state index >= 15 is 0 Å². The molecule has 0 N–H and O–H groups in total. The predicted molar refractivity (Wildman–Crippen MR) is 90.1 cm³/mol. The van der Waals surface area contributed by atoms with E-state index in [2.05, 4.69) is 0 Å². The van der Waals surface area contributed by atoms with Gasteiger partial charge in [-0.3, -0.25) is 4.79 Å². The quantitative estimate of drug-likeness (QED) is 0.578. The highest BCUT2D eigenvalue weighted by Gasteiger charge is 2.31. The second kappa shape index (κ2) is 6.84. The van der Waals surface area contributed by atoms with Crippen molar-refractivity contribution >= 4 is 22.8 Å². The van der Waals surface area contributed by atoms with Crippen LogP contribution in [0.25, 0.3) is 0 Å². The number of nitrogens with zero attached hydrogens (tertiary/aromatic N) is 3. The Balaban J connectivity index is 2.34. The molecule has 1 aliphatic heterocycles. The van der Waals surface area contributed by atoms with Crippen molar-refractivity contribution in [3.8, 4) is 0 Å². The highest BCUT2D eigenvalue weighted by Crippen LogP contribution is 2.17. The van der Waals surface area contributed by atoms with Crippen LogP contribution in [0.4, 0.5) is 0 Å². The number of fused-ring (bicyclic) bond motifs is 1. The minimum Gasteiger partial charge on any atom is -0.458 e. The number of carbonyl (C=O) groups is 2. The van der Waals surface area contributed by atoms with Gasteiger partial charge >= 0.3 is 17.3 Å². The number of ether oxygens (including phenoxy) is 1. The lowest BCUT2D eigenvalue weighted by atomic mass is 10.2. The standard InChI is InChI=1S/C15H21N3O5S/c1-10(19)24-9-8-16-13(21)17-7-5-6-11(18(17)14(16)22)12(20)23-15(2,3)4/h5-6,11H,7-9H2,1-4H3. The van der Waals surface area contributed by atoms with Crippen LogP contribution in [0.2, 0.25) is 0 Å². The minimum absolute atomic E-state index is 0.0829. The van der Waals surface area contributed by atoms with Crippen molar-refractivity contribution in [2.45, 2.75) is 52.4 Å². The summed E-state index contributed by atoms with van der Waals surface area (Å²) in [5, 5.41) is -0.0829. The first-order chi connectivity index (χ1) is 11.1. The molecule has 1 aromatic rings. The highest BCUT2D eigenvalue weighted by molar-refractivity contribution is 8.13. The number of hydrogen-bond acceptors (Lipinski definition) is 6. The SMILES string of the molecule is CC(=O)SCCn1c(=O)n2n(c1=O)C(C(=O)OC(C)(C)C)C=CC2. The van der Waals surface area contributed by atoms with E-state index in [0.29, 0.717) is 5.75 Å². The normalized spacial score (nSPS) is 16.8. The Kier molecular flexibility index (Phi) is 5.22. The van der Waals surface area contributed by atoms with Crippen molar-refractivity contribution in [1.29, 1.82) is 0 Å². The van der Waals surface area contributed by atoms with Gasteiger partial charge in [0.1, 0.15) is 5.60 Å². The van der Waals surface area contributed by atoms with Crippen molar-refractivity contribution in [2.75, 3.05) is 5.75 Å². The lowest BCUT2D eigenvalue weighted by Crippen LogP contribution is -2.39. The van der Waals surface area contributed by atoms with Gasteiger partial charge in [0, 0.05) is 19.2 Å². The first-order valence-corrected chi connectivity index (χ1v) is 8.55. The van der Waals surface area contributed by atoms with Crippen molar-refractivity contribution in [3.63, 3.8) is 0 Å². The van der Waals surface area contributed by atoms with E-state index in [1.54, 1.807) is 32.9 Å². The zero-order valence-electron chi connectivity index (χ0n) is 14.1. The maximum Gasteiger partial charge on any atom is 0.348 e. The zero-order valence-corrected chi connectivity index (χ0v) is 15.0. The molecule has 1 atom stereocenters. The fourth-order valence-corrected chi connectivity index (χ4v) is 2.92. The second-order valence-electron chi connectivity index (χ2n) is 6.39. The van der Waals surface area contributed by atoms with Crippen LogP contribution in [0.3, 0.4) is 0 Å². The van der Waals surface area contributed by atoms with Crippen molar-refractivity contribution in [2.24, 2.45) is 0 Å². The van der Waals surface area contributed by atoms with Crippen LogP contribution in [0.5, 0.6) is 0 Å². The molecule has 0 aromatic carbocycles. The van der Waals surface area contributed by atoms with E-state index in [9.17, 15) is 19.2 Å². The molecule has 0 aliphatic carbocycles. The largest absolute Gasteiger partial charge is 0.458 e. The first-order valence-electron chi connectivity index (χ1n) is 7.57. The summed E-state index contributed by atoms with van der Waals surface area (Å²) in [6.07, 6.45) is 3.22.